The number of ether oxygens (including phenoxy) is 2. The van der Waals surface area contributed by atoms with Crippen LogP contribution in [0.3, 0.4) is 0 Å². The number of carbonyl (C=O) groups excluding carboxylic acids is 1. The maximum atomic E-state index is 12.5. The zero-order chi connectivity index (χ0) is 21.1. The lowest BCUT2D eigenvalue weighted by Gasteiger charge is -2.34. The van der Waals surface area contributed by atoms with Gasteiger partial charge in [0, 0.05) is 32.7 Å². The molecule has 0 aliphatic carbocycles. The first-order valence-corrected chi connectivity index (χ1v) is 10.8. The number of hydrogen-bond donors (Lipinski definition) is 1. The summed E-state index contributed by atoms with van der Waals surface area (Å²) in [7, 11) is 3.31. The highest BCUT2D eigenvalue weighted by Crippen LogP contribution is 2.36. The highest BCUT2D eigenvalue weighted by molar-refractivity contribution is 7.22. The first kappa shape index (κ1) is 20.3. The van der Waals surface area contributed by atoms with Crippen molar-refractivity contribution in [1.82, 2.24) is 15.2 Å². The molecule has 0 radical (unpaired) electrons. The van der Waals surface area contributed by atoms with Crippen LogP contribution in [-0.2, 0) is 6.54 Å². The van der Waals surface area contributed by atoms with Crippen molar-refractivity contribution in [3.63, 3.8) is 0 Å². The number of aromatic nitrogens is 1. The fraction of sp³-hybridized carbons (Fsp3) is 0.364. The second-order valence-electron chi connectivity index (χ2n) is 7.24. The summed E-state index contributed by atoms with van der Waals surface area (Å²) < 4.78 is 11.8. The second-order valence-corrected chi connectivity index (χ2v) is 8.22. The molecule has 158 valence electrons. The van der Waals surface area contributed by atoms with E-state index >= 15 is 0 Å². The predicted molar refractivity (Wildman–Crippen MR) is 120 cm³/mol. The molecule has 1 N–H and O–H groups in total. The van der Waals surface area contributed by atoms with Crippen LogP contribution in [0.25, 0.3) is 10.2 Å². The molecule has 1 saturated heterocycles. The number of benzene rings is 2. The number of hydrogen-bond acceptors (Lipinski definition) is 6. The molecule has 2 heterocycles. The van der Waals surface area contributed by atoms with Crippen molar-refractivity contribution in [2.45, 2.75) is 13.5 Å². The molecule has 1 aliphatic rings. The zero-order valence-corrected chi connectivity index (χ0v) is 18.3. The van der Waals surface area contributed by atoms with Crippen LogP contribution in [0.5, 0.6) is 11.5 Å². The molecule has 4 rings (SSSR count). The van der Waals surface area contributed by atoms with Gasteiger partial charge in [-0.05, 0) is 36.2 Å². The topological polar surface area (TPSA) is 66.9 Å². The van der Waals surface area contributed by atoms with Crippen LogP contribution in [-0.4, -0.2) is 56.3 Å². The van der Waals surface area contributed by atoms with Gasteiger partial charge in [-0.15, -0.1) is 0 Å². The molecule has 1 fully saturated rings. The molecular weight excluding hydrogens is 400 g/mol. The van der Waals surface area contributed by atoms with E-state index in [9.17, 15) is 4.79 Å². The van der Waals surface area contributed by atoms with E-state index in [0.717, 1.165) is 45.5 Å². The fourth-order valence-electron chi connectivity index (χ4n) is 3.53. The summed E-state index contributed by atoms with van der Waals surface area (Å²) in [5, 5.41) is 3.99. The first-order chi connectivity index (χ1) is 14.6. The molecule has 0 bridgehead atoms. The highest BCUT2D eigenvalue weighted by atomic mass is 32.1. The molecule has 8 heteroatoms. The Labute approximate surface area is 180 Å². The zero-order valence-electron chi connectivity index (χ0n) is 17.5. The number of nitrogens with zero attached hydrogens (tertiary/aromatic N) is 3. The lowest BCUT2D eigenvalue weighted by molar-refractivity contribution is 0.194. The van der Waals surface area contributed by atoms with Gasteiger partial charge in [-0.1, -0.05) is 29.5 Å². The van der Waals surface area contributed by atoms with Crippen molar-refractivity contribution in [2.24, 2.45) is 0 Å². The minimum atomic E-state index is -0.0349. The summed E-state index contributed by atoms with van der Waals surface area (Å²) in [6.45, 7) is 5.45. The van der Waals surface area contributed by atoms with Crippen molar-refractivity contribution in [1.29, 1.82) is 0 Å². The molecule has 3 aromatic rings. The quantitative estimate of drug-likeness (QED) is 0.675. The Hall–Kier alpha value is -3.00. The highest BCUT2D eigenvalue weighted by Gasteiger charge is 2.24. The monoisotopic (exact) mass is 426 g/mol. The molecule has 0 saturated carbocycles. The average molecular weight is 427 g/mol. The summed E-state index contributed by atoms with van der Waals surface area (Å²) in [5.41, 5.74) is 3.16. The standard InChI is InChI=1S/C22H26N4O3S/c1-15-4-9-18(29-3)19-20(15)30-22(24-19)26-12-10-25(11-13-26)21(27)23-14-16-5-7-17(28-2)8-6-16/h4-9H,10-14H2,1-3H3,(H,23,27). The Morgan fingerprint density at radius 2 is 1.80 bits per heavy atom. The summed E-state index contributed by atoms with van der Waals surface area (Å²) in [4.78, 5) is 21.5. The predicted octanol–water partition coefficient (Wildman–Crippen LogP) is 3.65. The molecule has 1 aromatic heterocycles. The summed E-state index contributed by atoms with van der Waals surface area (Å²) in [6.07, 6.45) is 0. The number of piperazine rings is 1. The molecule has 0 atom stereocenters. The van der Waals surface area contributed by atoms with Gasteiger partial charge in [0.2, 0.25) is 0 Å². The fourth-order valence-corrected chi connectivity index (χ4v) is 4.64. The smallest absolute Gasteiger partial charge is 0.317 e. The average Bonchev–Trinajstić information content (AvgIpc) is 3.25. The van der Waals surface area contributed by atoms with Crippen molar-refractivity contribution in [3.8, 4) is 11.5 Å². The van der Waals surface area contributed by atoms with Crippen LogP contribution >= 0.6 is 11.3 Å². The number of aryl methyl sites for hydroxylation is 1. The molecule has 2 aromatic carbocycles. The van der Waals surface area contributed by atoms with Gasteiger partial charge in [-0.25, -0.2) is 9.78 Å². The Kier molecular flexibility index (Phi) is 5.94. The van der Waals surface area contributed by atoms with Crippen molar-refractivity contribution in [2.75, 3.05) is 45.3 Å². The van der Waals surface area contributed by atoms with Crippen molar-refractivity contribution in [3.05, 3.63) is 47.5 Å². The largest absolute Gasteiger partial charge is 0.497 e. The third-order valence-corrected chi connectivity index (χ3v) is 6.60. The second kappa shape index (κ2) is 8.79. The lowest BCUT2D eigenvalue weighted by atomic mass is 10.2. The third-order valence-electron chi connectivity index (χ3n) is 5.35. The van der Waals surface area contributed by atoms with E-state index in [2.05, 4.69) is 23.2 Å². The van der Waals surface area contributed by atoms with E-state index in [4.69, 9.17) is 14.5 Å². The summed E-state index contributed by atoms with van der Waals surface area (Å²) in [5.74, 6) is 1.61. The van der Waals surface area contributed by atoms with Gasteiger partial charge in [0.25, 0.3) is 0 Å². The van der Waals surface area contributed by atoms with E-state index in [1.54, 1.807) is 25.6 Å². The van der Waals surface area contributed by atoms with E-state index in [1.165, 1.54) is 5.56 Å². The molecule has 2 amide bonds. The van der Waals surface area contributed by atoms with Gasteiger partial charge in [-0.2, -0.15) is 0 Å². The Morgan fingerprint density at radius 1 is 1.07 bits per heavy atom. The van der Waals surface area contributed by atoms with Crippen molar-refractivity contribution >= 4 is 32.7 Å². The SMILES string of the molecule is COc1ccc(CNC(=O)N2CCN(c3nc4c(OC)ccc(C)c4s3)CC2)cc1. The Bertz CT molecular complexity index is 1030. The van der Waals surface area contributed by atoms with Gasteiger partial charge in [0.1, 0.15) is 17.0 Å². The molecule has 7 nitrogen and oxygen atoms in total. The Balaban J connectivity index is 1.34. The molecule has 0 unspecified atom stereocenters. The van der Waals surface area contributed by atoms with Crippen LogP contribution in [0, 0.1) is 6.92 Å². The van der Waals surface area contributed by atoms with Crippen LogP contribution in [0.15, 0.2) is 36.4 Å². The van der Waals surface area contributed by atoms with Crippen LogP contribution < -0.4 is 19.7 Å². The van der Waals surface area contributed by atoms with Crippen LogP contribution in [0.2, 0.25) is 0 Å². The number of carbonyl (C=O) groups is 1. The molecular formula is C22H26N4O3S. The number of amides is 2. The number of urea groups is 1. The van der Waals surface area contributed by atoms with Gasteiger partial charge in [0.15, 0.2) is 5.13 Å². The number of thiazole rings is 1. The third kappa shape index (κ3) is 4.14. The first-order valence-electron chi connectivity index (χ1n) is 9.94. The minimum Gasteiger partial charge on any atom is -0.497 e. The number of nitrogens with one attached hydrogen (secondary N) is 1. The van der Waals surface area contributed by atoms with E-state index in [1.807, 2.05) is 35.2 Å². The summed E-state index contributed by atoms with van der Waals surface area (Å²) >= 11 is 1.69. The number of anilines is 1. The summed E-state index contributed by atoms with van der Waals surface area (Å²) in [6, 6.07) is 11.7. The van der Waals surface area contributed by atoms with Crippen LogP contribution in [0.1, 0.15) is 11.1 Å². The number of fused-ring (bicyclic) bond motifs is 1. The van der Waals surface area contributed by atoms with E-state index < -0.39 is 0 Å². The van der Waals surface area contributed by atoms with Gasteiger partial charge in [0.05, 0.1) is 18.9 Å². The molecule has 1 aliphatic heterocycles. The normalized spacial score (nSPS) is 14.1. The minimum absolute atomic E-state index is 0.0349. The lowest BCUT2D eigenvalue weighted by Crippen LogP contribution is -2.51. The van der Waals surface area contributed by atoms with Crippen LogP contribution in [0.4, 0.5) is 9.93 Å². The maximum absolute atomic E-state index is 12.5. The number of rotatable bonds is 5. The van der Waals surface area contributed by atoms with Gasteiger partial charge >= 0.3 is 6.03 Å². The molecule has 0 spiro atoms. The number of methoxy groups -OCH3 is 2. The van der Waals surface area contributed by atoms with Crippen molar-refractivity contribution < 1.29 is 14.3 Å². The Morgan fingerprint density at radius 3 is 2.47 bits per heavy atom. The van der Waals surface area contributed by atoms with E-state index in [-0.39, 0.29) is 6.03 Å². The molecule has 30 heavy (non-hydrogen) atoms. The van der Waals surface area contributed by atoms with Gasteiger partial charge < -0.3 is 24.6 Å². The van der Waals surface area contributed by atoms with Gasteiger partial charge in [-0.3, -0.25) is 0 Å². The maximum Gasteiger partial charge on any atom is 0.317 e. The van der Waals surface area contributed by atoms with E-state index in [0.29, 0.717) is 19.6 Å².